The molecule has 0 aliphatic heterocycles. The summed E-state index contributed by atoms with van der Waals surface area (Å²) >= 11 is 3.12. The van der Waals surface area contributed by atoms with Crippen LogP contribution in [0.2, 0.25) is 0 Å². The van der Waals surface area contributed by atoms with Crippen molar-refractivity contribution < 1.29 is 0 Å². The average molecular weight is 249 g/mol. The first-order chi connectivity index (χ1) is 7.72. The molecular formula is C11H11N3S2. The first kappa shape index (κ1) is 11.2. The van der Waals surface area contributed by atoms with E-state index in [0.29, 0.717) is 0 Å². The predicted octanol–water partition coefficient (Wildman–Crippen LogP) is 3.27. The number of aromatic nitrogens is 1. The Kier molecular flexibility index (Phi) is 3.32. The lowest BCUT2D eigenvalue weighted by Gasteiger charge is -1.99. The molecule has 5 heteroatoms. The van der Waals surface area contributed by atoms with Crippen LogP contribution < -0.4 is 5.73 Å². The Morgan fingerprint density at radius 2 is 2.44 bits per heavy atom. The van der Waals surface area contributed by atoms with E-state index in [0.717, 1.165) is 26.7 Å². The molecule has 0 radical (unpaired) electrons. The Morgan fingerprint density at radius 3 is 3.12 bits per heavy atom. The van der Waals surface area contributed by atoms with Gasteiger partial charge in [-0.15, -0.1) is 11.3 Å². The Labute approximate surface area is 102 Å². The van der Waals surface area contributed by atoms with Crippen LogP contribution in [0.1, 0.15) is 13.3 Å². The Morgan fingerprint density at radius 1 is 1.62 bits per heavy atom. The van der Waals surface area contributed by atoms with Crippen LogP contribution in [0.3, 0.4) is 0 Å². The number of nitrogens with two attached hydrogens (primary N) is 1. The molecule has 1 aromatic carbocycles. The lowest BCUT2D eigenvalue weighted by atomic mass is 10.3. The normalized spacial score (nSPS) is 12.5. The zero-order valence-electron chi connectivity index (χ0n) is 8.80. The van der Waals surface area contributed by atoms with Crippen LogP contribution in [-0.4, -0.2) is 10.2 Å². The summed E-state index contributed by atoms with van der Waals surface area (Å²) in [5.41, 5.74) is 7.41. The highest BCUT2D eigenvalue weighted by atomic mass is 32.2. The maximum atomic E-state index is 8.89. The fraction of sp³-hybridized carbons (Fsp3) is 0.273. The van der Waals surface area contributed by atoms with Gasteiger partial charge in [0.1, 0.15) is 0 Å². The maximum absolute atomic E-state index is 8.89. The van der Waals surface area contributed by atoms with Crippen molar-refractivity contribution in [3.63, 3.8) is 0 Å². The highest BCUT2D eigenvalue weighted by molar-refractivity contribution is 8.01. The van der Waals surface area contributed by atoms with Crippen LogP contribution in [0.4, 0.5) is 5.69 Å². The summed E-state index contributed by atoms with van der Waals surface area (Å²) in [7, 11) is 0. The monoisotopic (exact) mass is 249 g/mol. The van der Waals surface area contributed by atoms with Crippen LogP contribution >= 0.6 is 23.1 Å². The van der Waals surface area contributed by atoms with Gasteiger partial charge in [0.25, 0.3) is 0 Å². The minimum absolute atomic E-state index is 0.0158. The van der Waals surface area contributed by atoms with Gasteiger partial charge in [0.15, 0.2) is 4.34 Å². The van der Waals surface area contributed by atoms with E-state index in [1.165, 1.54) is 11.8 Å². The largest absolute Gasteiger partial charge is 0.399 e. The van der Waals surface area contributed by atoms with Gasteiger partial charge >= 0.3 is 0 Å². The van der Waals surface area contributed by atoms with E-state index in [-0.39, 0.29) is 5.25 Å². The molecule has 0 saturated heterocycles. The van der Waals surface area contributed by atoms with Crippen molar-refractivity contribution in [3.8, 4) is 6.07 Å². The molecule has 0 spiro atoms. The molecule has 2 N–H and O–H groups in total. The summed E-state index contributed by atoms with van der Waals surface area (Å²) in [6, 6.07) is 7.94. The standard InChI is InChI=1S/C11H11N3S2/c1-2-8(6-12)15-11-14-9-4-3-7(13)5-10(9)16-11/h3-5,8H,2,13H2,1H3. The van der Waals surface area contributed by atoms with E-state index in [4.69, 9.17) is 11.0 Å². The third-order valence-corrected chi connectivity index (χ3v) is 4.52. The van der Waals surface area contributed by atoms with Crippen LogP contribution in [0.5, 0.6) is 0 Å². The fourth-order valence-electron chi connectivity index (χ4n) is 1.29. The number of hydrogen-bond donors (Lipinski definition) is 1. The average Bonchev–Trinajstić information content (AvgIpc) is 2.67. The summed E-state index contributed by atoms with van der Waals surface area (Å²) in [6.45, 7) is 2.01. The lowest BCUT2D eigenvalue weighted by molar-refractivity contribution is 0.983. The Balaban J connectivity index is 2.30. The highest BCUT2D eigenvalue weighted by Gasteiger charge is 2.11. The summed E-state index contributed by atoms with van der Waals surface area (Å²) < 4.78 is 2.02. The lowest BCUT2D eigenvalue weighted by Crippen LogP contribution is -1.94. The maximum Gasteiger partial charge on any atom is 0.152 e. The van der Waals surface area contributed by atoms with E-state index < -0.39 is 0 Å². The van der Waals surface area contributed by atoms with Gasteiger partial charge in [-0.3, -0.25) is 0 Å². The van der Waals surface area contributed by atoms with Crippen LogP contribution in [0, 0.1) is 11.3 Å². The first-order valence-electron chi connectivity index (χ1n) is 4.95. The Bertz CT molecular complexity index is 542. The molecule has 2 aromatic rings. The minimum Gasteiger partial charge on any atom is -0.399 e. The molecule has 0 bridgehead atoms. The third-order valence-electron chi connectivity index (χ3n) is 2.15. The highest BCUT2D eigenvalue weighted by Crippen LogP contribution is 2.33. The molecule has 0 aliphatic carbocycles. The number of fused-ring (bicyclic) bond motifs is 1. The van der Waals surface area contributed by atoms with Gasteiger partial charge < -0.3 is 5.73 Å². The minimum atomic E-state index is -0.0158. The molecule has 0 saturated carbocycles. The number of nitriles is 1. The number of hydrogen-bond acceptors (Lipinski definition) is 5. The number of anilines is 1. The summed E-state index contributed by atoms with van der Waals surface area (Å²) in [6.07, 6.45) is 0.833. The van der Waals surface area contributed by atoms with Gasteiger partial charge in [-0.05, 0) is 24.6 Å². The summed E-state index contributed by atoms with van der Waals surface area (Å²) in [5.74, 6) is 0. The topological polar surface area (TPSA) is 62.7 Å². The van der Waals surface area contributed by atoms with Crippen LogP contribution in [0.15, 0.2) is 22.5 Å². The number of nitrogens with zero attached hydrogens (tertiary/aromatic N) is 2. The molecule has 1 aromatic heterocycles. The van der Waals surface area contributed by atoms with Crippen LogP contribution in [-0.2, 0) is 0 Å². The second-order valence-corrected chi connectivity index (χ2v) is 5.83. The van der Waals surface area contributed by atoms with Gasteiger partial charge in [0, 0.05) is 5.69 Å². The predicted molar refractivity (Wildman–Crippen MR) is 69.6 cm³/mol. The first-order valence-corrected chi connectivity index (χ1v) is 6.65. The van der Waals surface area contributed by atoms with Crippen molar-refractivity contribution in [1.82, 2.24) is 4.98 Å². The molecule has 1 atom stereocenters. The molecule has 0 aliphatic rings. The third kappa shape index (κ3) is 2.29. The fourth-order valence-corrected chi connectivity index (χ4v) is 3.46. The van der Waals surface area contributed by atoms with Crippen LogP contribution in [0.25, 0.3) is 10.2 Å². The molecule has 3 nitrogen and oxygen atoms in total. The molecule has 0 fully saturated rings. The second-order valence-electron chi connectivity index (χ2n) is 3.35. The van der Waals surface area contributed by atoms with Crippen molar-refractivity contribution in [2.75, 3.05) is 5.73 Å². The van der Waals surface area contributed by atoms with Crippen molar-refractivity contribution in [2.24, 2.45) is 0 Å². The summed E-state index contributed by atoms with van der Waals surface area (Å²) in [5, 5.41) is 8.88. The molecule has 2 rings (SSSR count). The van der Waals surface area contributed by atoms with Gasteiger partial charge in [0.05, 0.1) is 21.5 Å². The molecule has 1 unspecified atom stereocenters. The second kappa shape index (κ2) is 4.73. The number of nitrogen functional groups attached to an aromatic ring is 1. The Hall–Kier alpha value is -1.25. The molecule has 82 valence electrons. The number of benzene rings is 1. The van der Waals surface area contributed by atoms with E-state index in [2.05, 4.69) is 11.1 Å². The molecule has 0 amide bonds. The van der Waals surface area contributed by atoms with E-state index in [9.17, 15) is 0 Å². The van der Waals surface area contributed by atoms with Gasteiger partial charge in [-0.2, -0.15) is 5.26 Å². The number of rotatable bonds is 3. The SMILES string of the molecule is CCC(C#N)Sc1nc2ccc(N)cc2s1. The molecule has 1 heterocycles. The molecule has 16 heavy (non-hydrogen) atoms. The van der Waals surface area contributed by atoms with E-state index in [1.807, 2.05) is 25.1 Å². The van der Waals surface area contributed by atoms with Crippen molar-refractivity contribution >= 4 is 39.0 Å². The van der Waals surface area contributed by atoms with E-state index in [1.54, 1.807) is 11.3 Å². The van der Waals surface area contributed by atoms with Crippen molar-refractivity contribution in [3.05, 3.63) is 18.2 Å². The zero-order valence-corrected chi connectivity index (χ0v) is 10.4. The number of thioether (sulfide) groups is 1. The quantitative estimate of drug-likeness (QED) is 0.670. The number of thiazole rings is 1. The zero-order chi connectivity index (χ0) is 11.5. The van der Waals surface area contributed by atoms with Gasteiger partial charge in [-0.25, -0.2) is 4.98 Å². The van der Waals surface area contributed by atoms with E-state index >= 15 is 0 Å². The van der Waals surface area contributed by atoms with Crippen molar-refractivity contribution in [1.29, 1.82) is 5.26 Å². The molecular weight excluding hydrogens is 238 g/mol. The smallest absolute Gasteiger partial charge is 0.152 e. The van der Waals surface area contributed by atoms with Gasteiger partial charge in [-0.1, -0.05) is 18.7 Å². The summed E-state index contributed by atoms with van der Waals surface area (Å²) in [4.78, 5) is 4.46. The van der Waals surface area contributed by atoms with Crippen molar-refractivity contribution in [2.45, 2.75) is 22.9 Å². The van der Waals surface area contributed by atoms with Gasteiger partial charge in [0.2, 0.25) is 0 Å².